The van der Waals surface area contributed by atoms with Crippen molar-refractivity contribution in [2.75, 3.05) is 18.1 Å². The average Bonchev–Trinajstić information content (AvgIpc) is 2.13. The summed E-state index contributed by atoms with van der Waals surface area (Å²) in [6, 6.07) is 0. The first kappa shape index (κ1) is 15.2. The second-order valence-electron chi connectivity index (χ2n) is 4.51. The van der Waals surface area contributed by atoms with Gasteiger partial charge < -0.3 is 4.74 Å². The molecule has 15 heavy (non-hydrogen) atoms. The smallest absolute Gasteiger partial charge is 0.305 e. The normalized spacial score (nSPS) is 11.5. The zero-order valence-corrected chi connectivity index (χ0v) is 11.8. The third-order valence-corrected chi connectivity index (χ3v) is 4.15. The van der Waals surface area contributed by atoms with Gasteiger partial charge in [-0.15, -0.1) is 0 Å². The molecule has 0 rings (SSSR count). The average molecular weight is 250 g/mol. The standard InChI is InChI=1S/C11H22O2S2/c1-5-14-15-9-8-13-10(12)6-7-11(2,3)4/h5-9H2,1-4H3. The fraction of sp³-hybridized carbons (Fsp3) is 0.909. The van der Waals surface area contributed by atoms with Gasteiger partial charge in [0.15, 0.2) is 0 Å². The van der Waals surface area contributed by atoms with Crippen molar-refractivity contribution in [3.05, 3.63) is 0 Å². The Balaban J connectivity index is 3.34. The summed E-state index contributed by atoms with van der Waals surface area (Å²) in [5.41, 5.74) is 0.214. The summed E-state index contributed by atoms with van der Waals surface area (Å²) in [6.45, 7) is 9.06. The number of rotatable bonds is 7. The molecule has 4 heteroatoms. The van der Waals surface area contributed by atoms with Gasteiger partial charge in [-0.25, -0.2) is 0 Å². The lowest BCUT2D eigenvalue weighted by atomic mass is 9.91. The van der Waals surface area contributed by atoms with Crippen molar-refractivity contribution in [3.63, 3.8) is 0 Å². The molecule has 0 amide bonds. The van der Waals surface area contributed by atoms with E-state index in [0.29, 0.717) is 13.0 Å². The van der Waals surface area contributed by atoms with Gasteiger partial charge in [-0.3, -0.25) is 4.79 Å². The summed E-state index contributed by atoms with van der Waals surface area (Å²) < 4.78 is 5.11. The van der Waals surface area contributed by atoms with Crippen LogP contribution in [0.25, 0.3) is 0 Å². The van der Waals surface area contributed by atoms with Crippen LogP contribution < -0.4 is 0 Å². The minimum Gasteiger partial charge on any atom is -0.465 e. The van der Waals surface area contributed by atoms with Crippen molar-refractivity contribution in [3.8, 4) is 0 Å². The predicted molar refractivity (Wildman–Crippen MR) is 70.2 cm³/mol. The topological polar surface area (TPSA) is 26.3 Å². The van der Waals surface area contributed by atoms with Gasteiger partial charge in [0, 0.05) is 17.9 Å². The first-order chi connectivity index (χ1) is 6.95. The van der Waals surface area contributed by atoms with Crippen molar-refractivity contribution < 1.29 is 9.53 Å². The van der Waals surface area contributed by atoms with Crippen molar-refractivity contribution in [1.82, 2.24) is 0 Å². The number of ether oxygens (including phenoxy) is 1. The highest BCUT2D eigenvalue weighted by Gasteiger charge is 2.13. The molecule has 0 atom stereocenters. The molecule has 0 bridgehead atoms. The van der Waals surface area contributed by atoms with E-state index < -0.39 is 0 Å². The second kappa shape index (κ2) is 8.34. The number of hydrogen-bond acceptors (Lipinski definition) is 4. The van der Waals surface area contributed by atoms with Crippen LogP contribution in [0.4, 0.5) is 0 Å². The molecule has 0 aromatic heterocycles. The third-order valence-electron chi connectivity index (χ3n) is 1.71. The largest absolute Gasteiger partial charge is 0.465 e. The molecule has 0 saturated carbocycles. The summed E-state index contributed by atoms with van der Waals surface area (Å²) >= 11 is 0. The van der Waals surface area contributed by atoms with E-state index in [1.54, 1.807) is 21.6 Å². The molecule has 0 fully saturated rings. The van der Waals surface area contributed by atoms with Crippen LogP contribution in [0.1, 0.15) is 40.5 Å². The molecule has 2 nitrogen and oxygen atoms in total. The summed E-state index contributed by atoms with van der Waals surface area (Å²) in [5.74, 6) is 1.93. The van der Waals surface area contributed by atoms with E-state index in [1.807, 2.05) is 0 Å². The molecule has 0 aromatic rings. The van der Waals surface area contributed by atoms with Crippen LogP contribution in [0.5, 0.6) is 0 Å². The number of carbonyl (C=O) groups is 1. The van der Waals surface area contributed by atoms with Crippen LogP contribution >= 0.6 is 21.6 Å². The van der Waals surface area contributed by atoms with E-state index in [1.165, 1.54) is 0 Å². The molecular formula is C11H22O2S2. The molecule has 0 aliphatic carbocycles. The van der Waals surface area contributed by atoms with Gasteiger partial charge in [0.05, 0.1) is 0 Å². The van der Waals surface area contributed by atoms with Crippen LogP contribution in [0, 0.1) is 5.41 Å². The third kappa shape index (κ3) is 12.1. The Morgan fingerprint density at radius 2 is 1.93 bits per heavy atom. The fourth-order valence-electron chi connectivity index (χ4n) is 0.881. The minimum absolute atomic E-state index is 0.0629. The summed E-state index contributed by atoms with van der Waals surface area (Å²) in [4.78, 5) is 11.3. The lowest BCUT2D eigenvalue weighted by Gasteiger charge is -2.16. The highest BCUT2D eigenvalue weighted by molar-refractivity contribution is 8.76. The van der Waals surface area contributed by atoms with Gasteiger partial charge in [0.1, 0.15) is 6.61 Å². The molecule has 0 spiro atoms. The lowest BCUT2D eigenvalue weighted by molar-refractivity contribution is -0.143. The zero-order valence-electron chi connectivity index (χ0n) is 10.2. The van der Waals surface area contributed by atoms with Gasteiger partial charge in [0.2, 0.25) is 0 Å². The van der Waals surface area contributed by atoms with E-state index in [9.17, 15) is 4.79 Å². The molecule has 0 saturated heterocycles. The number of esters is 1. The van der Waals surface area contributed by atoms with Crippen molar-refractivity contribution in [2.24, 2.45) is 5.41 Å². The van der Waals surface area contributed by atoms with Crippen LogP contribution in [0.3, 0.4) is 0 Å². The molecule has 0 aliphatic rings. The maximum Gasteiger partial charge on any atom is 0.305 e. The van der Waals surface area contributed by atoms with Crippen LogP contribution in [0.15, 0.2) is 0 Å². The van der Waals surface area contributed by atoms with Gasteiger partial charge in [-0.2, -0.15) is 0 Å². The Morgan fingerprint density at radius 1 is 1.27 bits per heavy atom. The maximum absolute atomic E-state index is 11.3. The summed E-state index contributed by atoms with van der Waals surface area (Å²) in [5, 5.41) is 0. The van der Waals surface area contributed by atoms with Crippen molar-refractivity contribution >= 4 is 27.6 Å². The van der Waals surface area contributed by atoms with Gasteiger partial charge in [0.25, 0.3) is 0 Å². The summed E-state index contributed by atoms with van der Waals surface area (Å²) in [6.07, 6.45) is 1.43. The first-order valence-electron chi connectivity index (χ1n) is 5.36. The SMILES string of the molecule is CCSSCCOC(=O)CCC(C)(C)C. The highest BCUT2D eigenvalue weighted by Crippen LogP contribution is 2.21. The fourth-order valence-corrected chi connectivity index (χ4v) is 2.37. The predicted octanol–water partition coefficient (Wildman–Crippen LogP) is 3.76. The Morgan fingerprint density at radius 3 is 2.47 bits per heavy atom. The first-order valence-corrected chi connectivity index (χ1v) is 7.84. The molecule has 0 radical (unpaired) electrons. The highest BCUT2D eigenvalue weighted by atomic mass is 33.1. The summed E-state index contributed by atoms with van der Waals surface area (Å²) in [7, 11) is 3.56. The Kier molecular flexibility index (Phi) is 8.43. The van der Waals surface area contributed by atoms with Gasteiger partial charge >= 0.3 is 5.97 Å². The Labute approximate surface area is 101 Å². The van der Waals surface area contributed by atoms with E-state index in [0.717, 1.165) is 17.9 Å². The molecular weight excluding hydrogens is 228 g/mol. The zero-order chi connectivity index (χ0) is 11.7. The van der Waals surface area contributed by atoms with Gasteiger partial charge in [-0.05, 0) is 11.8 Å². The molecule has 0 unspecified atom stereocenters. The number of carbonyl (C=O) groups excluding carboxylic acids is 1. The minimum atomic E-state index is -0.0629. The maximum atomic E-state index is 11.3. The van der Waals surface area contributed by atoms with E-state index in [4.69, 9.17) is 4.74 Å². The molecule has 90 valence electrons. The van der Waals surface area contributed by atoms with Crippen molar-refractivity contribution in [2.45, 2.75) is 40.5 Å². The quantitative estimate of drug-likeness (QED) is 0.390. The molecule has 0 N–H and O–H groups in total. The van der Waals surface area contributed by atoms with E-state index >= 15 is 0 Å². The Hall–Kier alpha value is 0.170. The van der Waals surface area contributed by atoms with Crippen LogP contribution in [0.2, 0.25) is 0 Å². The van der Waals surface area contributed by atoms with Crippen LogP contribution in [-0.4, -0.2) is 24.1 Å². The second-order valence-corrected chi connectivity index (χ2v) is 7.38. The van der Waals surface area contributed by atoms with E-state index in [-0.39, 0.29) is 11.4 Å². The van der Waals surface area contributed by atoms with E-state index in [2.05, 4.69) is 27.7 Å². The lowest BCUT2D eigenvalue weighted by Crippen LogP contribution is -2.12. The van der Waals surface area contributed by atoms with Crippen LogP contribution in [-0.2, 0) is 9.53 Å². The van der Waals surface area contributed by atoms with Crippen molar-refractivity contribution in [1.29, 1.82) is 0 Å². The molecule has 0 heterocycles. The Bertz CT molecular complexity index is 176. The van der Waals surface area contributed by atoms with Gasteiger partial charge in [-0.1, -0.05) is 49.3 Å². The number of hydrogen-bond donors (Lipinski definition) is 0. The monoisotopic (exact) mass is 250 g/mol. The molecule has 0 aromatic carbocycles. The molecule has 0 aliphatic heterocycles.